The molecule has 110 valence electrons. The predicted octanol–water partition coefficient (Wildman–Crippen LogP) is 4.85. The van der Waals surface area contributed by atoms with E-state index in [9.17, 15) is 9.18 Å². The van der Waals surface area contributed by atoms with E-state index in [4.69, 9.17) is 11.6 Å². The SMILES string of the molecule is O=C(Nc1cccc(Cl)c1F)c1csc(-c2ccccc2)n1. The summed E-state index contributed by atoms with van der Waals surface area (Å²) in [6, 6.07) is 14.0. The molecule has 3 aromatic rings. The zero-order valence-corrected chi connectivity index (χ0v) is 12.8. The van der Waals surface area contributed by atoms with Crippen molar-refractivity contribution in [3.8, 4) is 10.6 Å². The van der Waals surface area contributed by atoms with Crippen LogP contribution in [0, 0.1) is 5.82 Å². The highest BCUT2D eigenvalue weighted by Crippen LogP contribution is 2.25. The van der Waals surface area contributed by atoms with E-state index in [1.807, 2.05) is 30.3 Å². The number of hydrogen-bond acceptors (Lipinski definition) is 3. The van der Waals surface area contributed by atoms with E-state index >= 15 is 0 Å². The van der Waals surface area contributed by atoms with Crippen LogP contribution in [0.4, 0.5) is 10.1 Å². The second-order valence-electron chi connectivity index (χ2n) is 4.46. The van der Waals surface area contributed by atoms with Gasteiger partial charge in [0.15, 0.2) is 5.82 Å². The van der Waals surface area contributed by atoms with Crippen LogP contribution in [0.1, 0.15) is 10.5 Å². The molecule has 6 heteroatoms. The minimum absolute atomic E-state index is 0.0340. The Balaban J connectivity index is 1.82. The molecule has 0 saturated heterocycles. The Labute approximate surface area is 135 Å². The molecular formula is C16H10ClFN2OS. The number of nitrogens with zero attached hydrogens (tertiary/aromatic N) is 1. The summed E-state index contributed by atoms with van der Waals surface area (Å²) in [6.07, 6.45) is 0. The van der Waals surface area contributed by atoms with Gasteiger partial charge in [-0.05, 0) is 12.1 Å². The monoisotopic (exact) mass is 332 g/mol. The molecule has 0 unspecified atom stereocenters. The third kappa shape index (κ3) is 3.00. The summed E-state index contributed by atoms with van der Waals surface area (Å²) < 4.78 is 13.8. The molecule has 0 saturated carbocycles. The largest absolute Gasteiger partial charge is 0.318 e. The highest BCUT2D eigenvalue weighted by atomic mass is 35.5. The van der Waals surface area contributed by atoms with Gasteiger partial charge in [-0.2, -0.15) is 0 Å². The van der Waals surface area contributed by atoms with E-state index in [2.05, 4.69) is 10.3 Å². The zero-order chi connectivity index (χ0) is 15.5. The lowest BCUT2D eigenvalue weighted by atomic mass is 10.2. The average Bonchev–Trinajstić information content (AvgIpc) is 3.03. The lowest BCUT2D eigenvalue weighted by Crippen LogP contribution is -2.13. The fraction of sp³-hybridized carbons (Fsp3) is 0. The lowest BCUT2D eigenvalue weighted by molar-refractivity contribution is 0.102. The second-order valence-corrected chi connectivity index (χ2v) is 5.72. The minimum atomic E-state index is -0.656. The number of carbonyl (C=O) groups is 1. The van der Waals surface area contributed by atoms with Crippen molar-refractivity contribution in [1.82, 2.24) is 4.98 Å². The van der Waals surface area contributed by atoms with Gasteiger partial charge in [0.25, 0.3) is 5.91 Å². The van der Waals surface area contributed by atoms with Crippen molar-refractivity contribution >= 4 is 34.5 Å². The van der Waals surface area contributed by atoms with E-state index in [0.29, 0.717) is 0 Å². The number of benzene rings is 2. The van der Waals surface area contributed by atoms with Crippen LogP contribution in [0.25, 0.3) is 10.6 Å². The number of aromatic nitrogens is 1. The van der Waals surface area contributed by atoms with E-state index in [-0.39, 0.29) is 16.4 Å². The molecule has 3 nitrogen and oxygen atoms in total. The van der Waals surface area contributed by atoms with Crippen molar-refractivity contribution in [3.05, 3.63) is 70.4 Å². The van der Waals surface area contributed by atoms with Crippen LogP contribution in [-0.2, 0) is 0 Å². The molecule has 1 heterocycles. The summed E-state index contributed by atoms with van der Waals surface area (Å²) in [4.78, 5) is 16.4. The first kappa shape index (κ1) is 14.7. The molecule has 2 aromatic carbocycles. The average molecular weight is 333 g/mol. The van der Waals surface area contributed by atoms with Crippen molar-refractivity contribution in [2.45, 2.75) is 0 Å². The number of thiazole rings is 1. The lowest BCUT2D eigenvalue weighted by Gasteiger charge is -2.05. The number of carbonyl (C=O) groups excluding carboxylic acids is 1. The quantitative estimate of drug-likeness (QED) is 0.744. The molecule has 0 aliphatic rings. The Kier molecular flexibility index (Phi) is 4.18. The predicted molar refractivity (Wildman–Crippen MR) is 86.9 cm³/mol. The number of anilines is 1. The minimum Gasteiger partial charge on any atom is -0.318 e. The number of rotatable bonds is 3. The van der Waals surface area contributed by atoms with Gasteiger partial charge in [-0.25, -0.2) is 9.37 Å². The van der Waals surface area contributed by atoms with Gasteiger partial charge in [-0.3, -0.25) is 4.79 Å². The third-order valence-corrected chi connectivity index (χ3v) is 4.14. The molecule has 3 rings (SSSR count). The summed E-state index contributed by atoms with van der Waals surface area (Å²) in [7, 11) is 0. The first-order valence-electron chi connectivity index (χ1n) is 6.41. The summed E-state index contributed by atoms with van der Waals surface area (Å²) >= 11 is 7.04. The molecule has 22 heavy (non-hydrogen) atoms. The van der Waals surface area contributed by atoms with Gasteiger partial charge in [0, 0.05) is 10.9 Å². The van der Waals surface area contributed by atoms with Gasteiger partial charge < -0.3 is 5.32 Å². The molecule has 0 bridgehead atoms. The van der Waals surface area contributed by atoms with Crippen molar-refractivity contribution in [3.63, 3.8) is 0 Å². The molecular weight excluding hydrogens is 323 g/mol. The van der Waals surface area contributed by atoms with Crippen molar-refractivity contribution in [2.75, 3.05) is 5.32 Å². The summed E-state index contributed by atoms with van der Waals surface area (Å²) in [5, 5.41) is 4.81. The van der Waals surface area contributed by atoms with E-state index in [0.717, 1.165) is 10.6 Å². The van der Waals surface area contributed by atoms with Crippen molar-refractivity contribution < 1.29 is 9.18 Å². The van der Waals surface area contributed by atoms with Crippen LogP contribution in [0.5, 0.6) is 0 Å². The van der Waals surface area contributed by atoms with Crippen LogP contribution in [0.3, 0.4) is 0 Å². The number of hydrogen-bond donors (Lipinski definition) is 1. The number of halogens is 2. The Morgan fingerprint density at radius 2 is 1.91 bits per heavy atom. The van der Waals surface area contributed by atoms with Crippen molar-refractivity contribution in [2.24, 2.45) is 0 Å². The third-order valence-electron chi connectivity index (χ3n) is 2.96. The normalized spacial score (nSPS) is 10.5. The highest BCUT2D eigenvalue weighted by molar-refractivity contribution is 7.13. The van der Waals surface area contributed by atoms with E-state index in [1.165, 1.54) is 23.5 Å². The van der Waals surface area contributed by atoms with Gasteiger partial charge in [0.1, 0.15) is 10.7 Å². The molecule has 1 N–H and O–H groups in total. The molecule has 0 aliphatic carbocycles. The van der Waals surface area contributed by atoms with Crippen LogP contribution in [0.2, 0.25) is 5.02 Å². The van der Waals surface area contributed by atoms with Gasteiger partial charge in [0.05, 0.1) is 10.7 Å². The van der Waals surface area contributed by atoms with Gasteiger partial charge in [-0.1, -0.05) is 48.0 Å². The number of nitrogens with one attached hydrogen (secondary N) is 1. The Hall–Kier alpha value is -2.24. The van der Waals surface area contributed by atoms with Crippen molar-refractivity contribution in [1.29, 1.82) is 0 Å². The van der Waals surface area contributed by atoms with Crippen LogP contribution in [0.15, 0.2) is 53.9 Å². The fourth-order valence-corrected chi connectivity index (χ4v) is 2.86. The standard InChI is InChI=1S/C16H10ClFN2OS/c17-11-7-4-8-12(14(11)18)19-15(21)13-9-22-16(20-13)10-5-2-1-3-6-10/h1-9H,(H,19,21). The van der Waals surface area contributed by atoms with Crippen LogP contribution >= 0.6 is 22.9 Å². The van der Waals surface area contributed by atoms with E-state index < -0.39 is 11.7 Å². The maximum Gasteiger partial charge on any atom is 0.275 e. The van der Waals surface area contributed by atoms with Crippen LogP contribution < -0.4 is 5.32 Å². The molecule has 1 amide bonds. The smallest absolute Gasteiger partial charge is 0.275 e. The maximum absolute atomic E-state index is 13.8. The Bertz CT molecular complexity index is 820. The Morgan fingerprint density at radius 3 is 2.68 bits per heavy atom. The topological polar surface area (TPSA) is 42.0 Å². The summed E-state index contributed by atoms with van der Waals surface area (Å²) in [6.45, 7) is 0. The number of amides is 1. The first-order valence-corrected chi connectivity index (χ1v) is 7.67. The Morgan fingerprint density at radius 1 is 1.14 bits per heavy atom. The maximum atomic E-state index is 13.8. The molecule has 1 aromatic heterocycles. The summed E-state index contributed by atoms with van der Waals surface area (Å²) in [5.41, 5.74) is 1.20. The summed E-state index contributed by atoms with van der Waals surface area (Å²) in [5.74, 6) is -1.13. The second kappa shape index (κ2) is 6.25. The molecule has 0 fully saturated rings. The fourth-order valence-electron chi connectivity index (χ4n) is 1.88. The zero-order valence-electron chi connectivity index (χ0n) is 11.2. The van der Waals surface area contributed by atoms with Crippen LogP contribution in [-0.4, -0.2) is 10.9 Å². The van der Waals surface area contributed by atoms with Gasteiger partial charge in [-0.15, -0.1) is 11.3 Å². The first-order chi connectivity index (χ1) is 10.6. The highest BCUT2D eigenvalue weighted by Gasteiger charge is 2.14. The molecule has 0 spiro atoms. The van der Waals surface area contributed by atoms with E-state index in [1.54, 1.807) is 11.4 Å². The van der Waals surface area contributed by atoms with Gasteiger partial charge in [0.2, 0.25) is 0 Å². The molecule has 0 atom stereocenters. The molecule has 0 aliphatic heterocycles. The molecule has 0 radical (unpaired) electrons. The van der Waals surface area contributed by atoms with Gasteiger partial charge >= 0.3 is 0 Å².